The average Bonchev–Trinajstić information content (AvgIpc) is 2.79. The van der Waals surface area contributed by atoms with E-state index in [-0.39, 0.29) is 18.6 Å². The summed E-state index contributed by atoms with van der Waals surface area (Å²) < 4.78 is 0. The van der Waals surface area contributed by atoms with Crippen LogP contribution in [0.3, 0.4) is 0 Å². The Bertz CT molecular complexity index is 549. The van der Waals surface area contributed by atoms with Crippen molar-refractivity contribution in [1.29, 1.82) is 0 Å². The van der Waals surface area contributed by atoms with Crippen molar-refractivity contribution >= 4 is 12.0 Å². The van der Waals surface area contributed by atoms with Crippen LogP contribution in [0.4, 0.5) is 4.79 Å². The van der Waals surface area contributed by atoms with Crippen LogP contribution in [0, 0.1) is 12.3 Å². The van der Waals surface area contributed by atoms with Gasteiger partial charge in [0.1, 0.15) is 5.82 Å². The van der Waals surface area contributed by atoms with Gasteiger partial charge in [0.2, 0.25) is 0 Å². The minimum absolute atomic E-state index is 0.283. The van der Waals surface area contributed by atoms with Crippen molar-refractivity contribution in [2.24, 2.45) is 5.41 Å². The number of aliphatic carboxylic acids is 1. The maximum atomic E-state index is 11.9. The van der Waals surface area contributed by atoms with Crippen molar-refractivity contribution in [3.63, 3.8) is 0 Å². The van der Waals surface area contributed by atoms with E-state index in [0.717, 1.165) is 6.42 Å². The molecule has 0 aromatic carbocycles. The second kappa shape index (κ2) is 6.07. The minimum Gasteiger partial charge on any atom is -0.481 e. The highest BCUT2D eigenvalue weighted by atomic mass is 16.4. The van der Waals surface area contributed by atoms with Crippen LogP contribution < -0.4 is 10.6 Å². The van der Waals surface area contributed by atoms with Gasteiger partial charge in [0, 0.05) is 12.2 Å². The number of aromatic nitrogens is 2. The van der Waals surface area contributed by atoms with Crippen LogP contribution in [0.2, 0.25) is 0 Å². The molecule has 2 rings (SSSR count). The lowest BCUT2D eigenvalue weighted by Crippen LogP contribution is -2.50. The topological polar surface area (TPSA) is 104 Å². The smallest absolute Gasteiger partial charge is 0.315 e. The van der Waals surface area contributed by atoms with Crippen molar-refractivity contribution in [2.75, 3.05) is 0 Å². The Balaban J connectivity index is 1.89. The summed E-state index contributed by atoms with van der Waals surface area (Å²) in [5, 5.41) is 14.8. The first kappa shape index (κ1) is 15.2. The SMILES string of the molecule is Cc1nccc(CNC(=O)NC2CCCC2(C)C(=O)O)n1. The van der Waals surface area contributed by atoms with Crippen molar-refractivity contribution in [3.05, 3.63) is 23.8 Å². The van der Waals surface area contributed by atoms with Crippen molar-refractivity contribution < 1.29 is 14.7 Å². The van der Waals surface area contributed by atoms with E-state index in [1.165, 1.54) is 0 Å². The summed E-state index contributed by atoms with van der Waals surface area (Å²) in [6.07, 6.45) is 3.70. The fraction of sp³-hybridized carbons (Fsp3) is 0.571. The van der Waals surface area contributed by atoms with E-state index in [0.29, 0.717) is 24.4 Å². The predicted octanol–water partition coefficient (Wildman–Crippen LogP) is 1.23. The zero-order valence-corrected chi connectivity index (χ0v) is 12.2. The number of aryl methyl sites for hydroxylation is 1. The van der Waals surface area contributed by atoms with Gasteiger partial charge in [0.25, 0.3) is 0 Å². The van der Waals surface area contributed by atoms with Gasteiger partial charge in [0.05, 0.1) is 17.7 Å². The average molecular weight is 292 g/mol. The first-order valence-electron chi connectivity index (χ1n) is 6.98. The Morgan fingerprint density at radius 1 is 1.52 bits per heavy atom. The number of nitrogens with one attached hydrogen (secondary N) is 2. The van der Waals surface area contributed by atoms with E-state index in [9.17, 15) is 14.7 Å². The van der Waals surface area contributed by atoms with Crippen molar-refractivity contribution in [3.8, 4) is 0 Å². The molecule has 7 heteroatoms. The molecule has 1 aliphatic carbocycles. The molecule has 114 valence electrons. The summed E-state index contributed by atoms with van der Waals surface area (Å²) in [4.78, 5) is 31.4. The van der Waals surface area contributed by atoms with Gasteiger partial charge in [-0.2, -0.15) is 0 Å². The second-order valence-corrected chi connectivity index (χ2v) is 5.59. The molecule has 0 radical (unpaired) electrons. The number of hydrogen-bond donors (Lipinski definition) is 3. The van der Waals surface area contributed by atoms with Crippen LogP contribution in [0.1, 0.15) is 37.7 Å². The number of hydrogen-bond acceptors (Lipinski definition) is 4. The molecule has 0 aliphatic heterocycles. The van der Waals surface area contributed by atoms with E-state index >= 15 is 0 Å². The van der Waals surface area contributed by atoms with Crippen LogP contribution in [0.25, 0.3) is 0 Å². The van der Waals surface area contributed by atoms with E-state index in [1.54, 1.807) is 26.1 Å². The fourth-order valence-corrected chi connectivity index (χ4v) is 2.64. The highest BCUT2D eigenvalue weighted by Gasteiger charge is 2.45. The number of urea groups is 1. The molecule has 1 fully saturated rings. The van der Waals surface area contributed by atoms with Gasteiger partial charge in [-0.15, -0.1) is 0 Å². The maximum Gasteiger partial charge on any atom is 0.315 e. The number of carbonyl (C=O) groups is 2. The van der Waals surface area contributed by atoms with Gasteiger partial charge >= 0.3 is 12.0 Å². The zero-order chi connectivity index (χ0) is 15.5. The van der Waals surface area contributed by atoms with Crippen LogP contribution in [0.15, 0.2) is 12.3 Å². The number of rotatable bonds is 4. The normalized spacial score (nSPS) is 24.6. The number of nitrogens with zero attached hydrogens (tertiary/aromatic N) is 2. The molecule has 0 saturated heterocycles. The fourth-order valence-electron chi connectivity index (χ4n) is 2.64. The monoisotopic (exact) mass is 292 g/mol. The van der Waals surface area contributed by atoms with E-state index < -0.39 is 11.4 Å². The van der Waals surface area contributed by atoms with Crippen LogP contribution in [0.5, 0.6) is 0 Å². The first-order valence-corrected chi connectivity index (χ1v) is 6.98. The highest BCUT2D eigenvalue weighted by Crippen LogP contribution is 2.38. The molecule has 7 nitrogen and oxygen atoms in total. The number of carboxylic acids is 1. The Morgan fingerprint density at radius 2 is 2.29 bits per heavy atom. The summed E-state index contributed by atoms with van der Waals surface area (Å²) in [6.45, 7) is 3.74. The molecule has 2 atom stereocenters. The van der Waals surface area contributed by atoms with Crippen LogP contribution >= 0.6 is 0 Å². The largest absolute Gasteiger partial charge is 0.481 e. The second-order valence-electron chi connectivity index (χ2n) is 5.59. The molecule has 2 amide bonds. The summed E-state index contributed by atoms with van der Waals surface area (Å²) in [6, 6.07) is 1.01. The lowest BCUT2D eigenvalue weighted by Gasteiger charge is -2.27. The standard InChI is InChI=1S/C14H20N4O3/c1-9-15-7-5-10(17-9)8-16-13(21)18-11-4-3-6-14(11,2)12(19)20/h5,7,11H,3-4,6,8H2,1-2H3,(H,19,20)(H2,16,18,21). The molecule has 2 unspecified atom stereocenters. The molecule has 0 bridgehead atoms. The first-order chi connectivity index (χ1) is 9.91. The number of amides is 2. The predicted molar refractivity (Wildman–Crippen MR) is 75.5 cm³/mol. The van der Waals surface area contributed by atoms with E-state index in [1.807, 2.05) is 0 Å². The molecular weight excluding hydrogens is 272 g/mol. The molecule has 1 aliphatic rings. The summed E-state index contributed by atoms with van der Waals surface area (Å²) >= 11 is 0. The van der Waals surface area contributed by atoms with Crippen LogP contribution in [-0.4, -0.2) is 33.1 Å². The van der Waals surface area contributed by atoms with E-state index in [2.05, 4.69) is 20.6 Å². The van der Waals surface area contributed by atoms with Gasteiger partial charge in [-0.05, 0) is 32.8 Å². The Hall–Kier alpha value is -2.18. The summed E-state index contributed by atoms with van der Waals surface area (Å²) in [5.41, 5.74) is -0.173. The van der Waals surface area contributed by atoms with Gasteiger partial charge in [-0.3, -0.25) is 4.79 Å². The molecule has 3 N–H and O–H groups in total. The summed E-state index contributed by atoms with van der Waals surface area (Å²) in [5.74, 6) is -0.222. The zero-order valence-electron chi connectivity index (χ0n) is 12.2. The minimum atomic E-state index is -0.886. The molecule has 1 heterocycles. The maximum absolute atomic E-state index is 11.9. The molecular formula is C14H20N4O3. The lowest BCUT2D eigenvalue weighted by molar-refractivity contribution is -0.148. The quantitative estimate of drug-likeness (QED) is 0.774. The third kappa shape index (κ3) is 3.48. The molecule has 1 saturated carbocycles. The van der Waals surface area contributed by atoms with Gasteiger partial charge in [-0.1, -0.05) is 6.42 Å². The third-order valence-electron chi connectivity index (χ3n) is 4.02. The highest BCUT2D eigenvalue weighted by molar-refractivity contribution is 5.79. The number of carbonyl (C=O) groups excluding carboxylic acids is 1. The molecule has 1 aromatic rings. The lowest BCUT2D eigenvalue weighted by atomic mass is 9.85. The summed E-state index contributed by atoms with van der Waals surface area (Å²) in [7, 11) is 0. The van der Waals surface area contributed by atoms with Gasteiger partial charge < -0.3 is 15.7 Å². The van der Waals surface area contributed by atoms with E-state index in [4.69, 9.17) is 0 Å². The molecule has 21 heavy (non-hydrogen) atoms. The Kier molecular flexibility index (Phi) is 4.40. The van der Waals surface area contributed by atoms with Gasteiger partial charge in [0.15, 0.2) is 0 Å². The number of carboxylic acid groups (broad SMARTS) is 1. The van der Waals surface area contributed by atoms with Crippen molar-refractivity contribution in [2.45, 2.75) is 45.7 Å². The Labute approximate surface area is 123 Å². The molecule has 0 spiro atoms. The Morgan fingerprint density at radius 3 is 2.95 bits per heavy atom. The van der Waals surface area contributed by atoms with Gasteiger partial charge in [-0.25, -0.2) is 14.8 Å². The van der Waals surface area contributed by atoms with Crippen LogP contribution in [-0.2, 0) is 11.3 Å². The molecule has 1 aromatic heterocycles. The van der Waals surface area contributed by atoms with Crippen molar-refractivity contribution in [1.82, 2.24) is 20.6 Å². The third-order valence-corrected chi connectivity index (χ3v) is 4.02.